The van der Waals surface area contributed by atoms with Gasteiger partial charge < -0.3 is 4.98 Å². The van der Waals surface area contributed by atoms with Crippen LogP contribution < -0.4 is 11.0 Å². The highest BCUT2D eigenvalue weighted by Crippen LogP contribution is 2.36. The zero-order valence-corrected chi connectivity index (χ0v) is 16.8. The van der Waals surface area contributed by atoms with Crippen molar-refractivity contribution in [3.63, 3.8) is 0 Å². The molecular formula is C19H26N4O2S. The molecule has 6 nitrogen and oxygen atoms in total. The van der Waals surface area contributed by atoms with Gasteiger partial charge in [-0.05, 0) is 50.0 Å². The van der Waals surface area contributed by atoms with Gasteiger partial charge in [0.2, 0.25) is 5.91 Å². The molecule has 2 aromatic rings. The first-order valence-electron chi connectivity index (χ1n) is 8.98. The Balaban J connectivity index is 1.71. The number of hydrazone groups is 1. The number of aromatic amines is 1. The number of aryl methyl sites for hydroxylation is 2. The maximum Gasteiger partial charge on any atom is 0.259 e. The second-order valence-electron chi connectivity index (χ2n) is 8.22. The lowest BCUT2D eigenvalue weighted by molar-refractivity contribution is -0.120. The molecule has 0 saturated heterocycles. The number of thiophene rings is 1. The van der Waals surface area contributed by atoms with Crippen LogP contribution in [0.1, 0.15) is 56.3 Å². The fourth-order valence-corrected chi connectivity index (χ4v) is 4.96. The smallest absolute Gasteiger partial charge is 0.259 e. The van der Waals surface area contributed by atoms with E-state index < -0.39 is 0 Å². The average molecular weight is 375 g/mol. The molecule has 1 saturated carbocycles. The van der Waals surface area contributed by atoms with E-state index in [9.17, 15) is 9.59 Å². The van der Waals surface area contributed by atoms with Crippen molar-refractivity contribution < 1.29 is 4.79 Å². The van der Waals surface area contributed by atoms with Gasteiger partial charge in [0, 0.05) is 10.6 Å². The monoisotopic (exact) mass is 374 g/mol. The molecule has 1 aliphatic rings. The Morgan fingerprint density at radius 3 is 2.85 bits per heavy atom. The fraction of sp³-hybridized carbons (Fsp3) is 0.579. The molecule has 1 amide bonds. The third kappa shape index (κ3) is 4.03. The van der Waals surface area contributed by atoms with Gasteiger partial charge in [-0.1, -0.05) is 20.8 Å². The highest BCUT2D eigenvalue weighted by Gasteiger charge is 2.29. The minimum atomic E-state index is -0.263. The zero-order chi connectivity index (χ0) is 19.1. The number of aromatic nitrogens is 2. The third-order valence-electron chi connectivity index (χ3n) is 4.92. The van der Waals surface area contributed by atoms with E-state index in [1.807, 2.05) is 13.8 Å². The number of hydrogen-bond donors (Lipinski definition) is 2. The highest BCUT2D eigenvalue weighted by atomic mass is 32.1. The second kappa shape index (κ2) is 6.95. The van der Waals surface area contributed by atoms with Crippen LogP contribution in [0.15, 0.2) is 9.90 Å². The Kier molecular flexibility index (Phi) is 5.01. The molecule has 1 atom stereocenters. The summed E-state index contributed by atoms with van der Waals surface area (Å²) in [6.45, 7) is 10.6. The Morgan fingerprint density at radius 1 is 1.42 bits per heavy atom. The molecule has 2 N–H and O–H groups in total. The van der Waals surface area contributed by atoms with Crippen molar-refractivity contribution in [2.75, 3.05) is 0 Å². The Bertz CT molecular complexity index is 939. The average Bonchev–Trinajstić information content (AvgIpc) is 2.78. The van der Waals surface area contributed by atoms with Crippen LogP contribution in [0.3, 0.4) is 0 Å². The standard InChI is InChI=1S/C19H26N4O2S/c1-10-6-13(9-19(4,5)8-10)22-23-15(24)7-14-20-17(25)16-11(2)12(3)26-18(16)21-14/h10H,6-9H2,1-5H3,(H,23,24)(H,20,21,25)/b22-13+/t10-/m0/s1. The van der Waals surface area contributed by atoms with Crippen molar-refractivity contribution in [1.29, 1.82) is 0 Å². The van der Waals surface area contributed by atoms with E-state index in [2.05, 4.69) is 41.3 Å². The maximum absolute atomic E-state index is 12.3. The zero-order valence-electron chi connectivity index (χ0n) is 16.0. The molecule has 7 heteroatoms. The van der Waals surface area contributed by atoms with E-state index in [0.29, 0.717) is 22.0 Å². The molecule has 0 aromatic carbocycles. The quantitative estimate of drug-likeness (QED) is 0.807. The van der Waals surface area contributed by atoms with Gasteiger partial charge in [-0.3, -0.25) is 9.59 Å². The molecule has 140 valence electrons. The van der Waals surface area contributed by atoms with Crippen LogP contribution in [-0.2, 0) is 11.2 Å². The molecule has 0 aliphatic heterocycles. The van der Waals surface area contributed by atoms with Crippen LogP contribution in [0.4, 0.5) is 0 Å². The van der Waals surface area contributed by atoms with E-state index in [-0.39, 0.29) is 23.3 Å². The second-order valence-corrected chi connectivity index (χ2v) is 9.42. The maximum atomic E-state index is 12.3. The molecule has 1 fully saturated rings. The summed E-state index contributed by atoms with van der Waals surface area (Å²) >= 11 is 1.48. The summed E-state index contributed by atoms with van der Waals surface area (Å²) in [7, 11) is 0. The number of carbonyl (C=O) groups excluding carboxylic acids is 1. The number of nitrogens with zero attached hydrogens (tertiary/aromatic N) is 2. The molecule has 0 radical (unpaired) electrons. The number of rotatable bonds is 3. The van der Waals surface area contributed by atoms with Gasteiger partial charge in [0.1, 0.15) is 10.7 Å². The number of H-pyrrole nitrogens is 1. The summed E-state index contributed by atoms with van der Waals surface area (Å²) in [4.78, 5) is 33.4. The lowest BCUT2D eigenvalue weighted by atomic mass is 9.72. The topological polar surface area (TPSA) is 87.2 Å². The first kappa shape index (κ1) is 18.8. The number of amides is 1. The molecule has 26 heavy (non-hydrogen) atoms. The van der Waals surface area contributed by atoms with E-state index in [0.717, 1.165) is 29.0 Å². The fourth-order valence-electron chi connectivity index (χ4n) is 3.92. The van der Waals surface area contributed by atoms with Gasteiger partial charge >= 0.3 is 0 Å². The number of fused-ring (bicyclic) bond motifs is 1. The number of carbonyl (C=O) groups is 1. The van der Waals surface area contributed by atoms with Crippen LogP contribution >= 0.6 is 11.3 Å². The van der Waals surface area contributed by atoms with Crippen molar-refractivity contribution >= 4 is 33.2 Å². The van der Waals surface area contributed by atoms with Crippen molar-refractivity contribution in [1.82, 2.24) is 15.4 Å². The summed E-state index contributed by atoms with van der Waals surface area (Å²) in [6.07, 6.45) is 2.99. The molecule has 1 aliphatic carbocycles. The van der Waals surface area contributed by atoms with E-state index in [1.165, 1.54) is 17.8 Å². The normalized spacial score (nSPS) is 21.3. The summed E-state index contributed by atoms with van der Waals surface area (Å²) in [6, 6.07) is 0. The highest BCUT2D eigenvalue weighted by molar-refractivity contribution is 7.18. The Labute approximate surface area is 157 Å². The van der Waals surface area contributed by atoms with Crippen molar-refractivity contribution in [2.45, 2.75) is 60.3 Å². The Morgan fingerprint density at radius 2 is 2.15 bits per heavy atom. The van der Waals surface area contributed by atoms with Gasteiger partial charge in [-0.2, -0.15) is 5.10 Å². The van der Waals surface area contributed by atoms with Crippen LogP contribution in [0, 0.1) is 25.2 Å². The molecule has 2 aromatic heterocycles. The molecule has 0 bridgehead atoms. The predicted molar refractivity (Wildman–Crippen MR) is 106 cm³/mol. The third-order valence-corrected chi connectivity index (χ3v) is 6.02. The lowest BCUT2D eigenvalue weighted by Crippen LogP contribution is -2.30. The Hall–Kier alpha value is -2.02. The largest absolute Gasteiger partial charge is 0.309 e. The van der Waals surface area contributed by atoms with Gasteiger partial charge in [0.25, 0.3) is 5.56 Å². The minimum absolute atomic E-state index is 0.0108. The summed E-state index contributed by atoms with van der Waals surface area (Å²) in [5.74, 6) is 0.681. The first-order chi connectivity index (χ1) is 12.1. The van der Waals surface area contributed by atoms with Gasteiger partial charge in [-0.15, -0.1) is 11.3 Å². The number of hydrogen-bond acceptors (Lipinski definition) is 5. The lowest BCUT2D eigenvalue weighted by Gasteiger charge is -2.34. The summed E-state index contributed by atoms with van der Waals surface area (Å²) in [5.41, 5.74) is 4.65. The van der Waals surface area contributed by atoms with E-state index >= 15 is 0 Å². The molecule has 0 spiro atoms. The first-order valence-corrected chi connectivity index (χ1v) is 9.79. The van der Waals surface area contributed by atoms with Crippen LogP contribution in [0.2, 0.25) is 0 Å². The van der Waals surface area contributed by atoms with Crippen LogP contribution in [-0.4, -0.2) is 21.6 Å². The predicted octanol–water partition coefficient (Wildman–Crippen LogP) is 3.46. The van der Waals surface area contributed by atoms with Gasteiger partial charge in [0.15, 0.2) is 0 Å². The number of nitrogens with one attached hydrogen (secondary N) is 2. The summed E-state index contributed by atoms with van der Waals surface area (Å²) < 4.78 is 0. The summed E-state index contributed by atoms with van der Waals surface area (Å²) in [5, 5.41) is 4.95. The molecule has 2 heterocycles. The molecular weight excluding hydrogens is 348 g/mol. The van der Waals surface area contributed by atoms with Crippen molar-refractivity contribution in [2.24, 2.45) is 16.4 Å². The van der Waals surface area contributed by atoms with E-state index in [1.54, 1.807) is 0 Å². The SMILES string of the molecule is Cc1sc2nc(CC(=O)N/N=C3\C[C@H](C)CC(C)(C)C3)[nH]c(=O)c2c1C. The molecule has 0 unspecified atom stereocenters. The van der Waals surface area contributed by atoms with Gasteiger partial charge in [0.05, 0.1) is 11.8 Å². The minimum Gasteiger partial charge on any atom is -0.309 e. The van der Waals surface area contributed by atoms with E-state index in [4.69, 9.17) is 0 Å². The van der Waals surface area contributed by atoms with Crippen LogP contribution in [0.25, 0.3) is 10.2 Å². The van der Waals surface area contributed by atoms with Crippen molar-refractivity contribution in [3.05, 3.63) is 26.6 Å². The van der Waals surface area contributed by atoms with Gasteiger partial charge in [-0.25, -0.2) is 10.4 Å². The molecule has 3 rings (SSSR count). The van der Waals surface area contributed by atoms with Crippen LogP contribution in [0.5, 0.6) is 0 Å². The van der Waals surface area contributed by atoms with Crippen molar-refractivity contribution in [3.8, 4) is 0 Å².